The molecular weight excluding hydrogens is 182 g/mol. The predicted octanol–water partition coefficient (Wildman–Crippen LogP) is 1.12. The van der Waals surface area contributed by atoms with Crippen molar-refractivity contribution in [3.8, 4) is 0 Å². The molecule has 1 N–H and O–H groups in total. The summed E-state index contributed by atoms with van der Waals surface area (Å²) in [5, 5.41) is 8.81. The van der Waals surface area contributed by atoms with E-state index in [1.807, 2.05) is 13.8 Å². The van der Waals surface area contributed by atoms with Gasteiger partial charge in [-0.15, -0.1) is 0 Å². The van der Waals surface area contributed by atoms with E-state index in [-0.39, 0.29) is 18.6 Å². The zero-order chi connectivity index (χ0) is 10.6. The molecule has 4 heteroatoms. The monoisotopic (exact) mass is 197 g/mol. The lowest BCUT2D eigenvalue weighted by Crippen LogP contribution is -2.38. The molecule has 0 saturated carbocycles. The van der Waals surface area contributed by atoms with Crippen LogP contribution in [-0.2, 0) is 0 Å². The highest BCUT2D eigenvalue weighted by Crippen LogP contribution is 2.08. The van der Waals surface area contributed by atoms with Crippen molar-refractivity contribution < 1.29 is 14.3 Å². The Kier molecular flexibility index (Phi) is 3.71. The molecule has 0 unspecified atom stereocenters. The fraction of sp³-hybridized carbons (Fsp3) is 0.500. The molecule has 0 fully saturated rings. The second-order valence-corrected chi connectivity index (χ2v) is 3.33. The Hall–Kier alpha value is -1.29. The molecule has 14 heavy (non-hydrogen) atoms. The van der Waals surface area contributed by atoms with Gasteiger partial charge in [0.2, 0.25) is 0 Å². The van der Waals surface area contributed by atoms with Crippen LogP contribution in [0.1, 0.15) is 24.2 Å². The van der Waals surface area contributed by atoms with Crippen molar-refractivity contribution >= 4 is 5.91 Å². The molecule has 1 rings (SSSR count). The van der Waals surface area contributed by atoms with Gasteiger partial charge >= 0.3 is 0 Å². The van der Waals surface area contributed by atoms with Crippen molar-refractivity contribution in [2.75, 3.05) is 13.2 Å². The first-order chi connectivity index (χ1) is 6.66. The van der Waals surface area contributed by atoms with E-state index >= 15 is 0 Å². The van der Waals surface area contributed by atoms with Crippen LogP contribution in [0.4, 0.5) is 0 Å². The first-order valence-corrected chi connectivity index (χ1v) is 4.61. The van der Waals surface area contributed by atoms with Crippen LogP contribution in [0.25, 0.3) is 0 Å². The van der Waals surface area contributed by atoms with Gasteiger partial charge < -0.3 is 14.4 Å². The van der Waals surface area contributed by atoms with Crippen LogP contribution in [0.2, 0.25) is 0 Å². The van der Waals surface area contributed by atoms with E-state index in [4.69, 9.17) is 9.52 Å². The minimum Gasteiger partial charge on any atom is -0.472 e. The highest BCUT2D eigenvalue weighted by atomic mass is 16.3. The molecule has 1 amide bonds. The largest absolute Gasteiger partial charge is 0.472 e. The van der Waals surface area contributed by atoms with Gasteiger partial charge in [-0.25, -0.2) is 0 Å². The molecule has 0 atom stereocenters. The zero-order valence-corrected chi connectivity index (χ0v) is 8.43. The van der Waals surface area contributed by atoms with E-state index in [0.29, 0.717) is 12.1 Å². The average Bonchev–Trinajstić information content (AvgIpc) is 2.65. The number of carbonyl (C=O) groups excluding carboxylic acids is 1. The molecule has 1 aromatic heterocycles. The van der Waals surface area contributed by atoms with Gasteiger partial charge in [-0.2, -0.15) is 0 Å². The van der Waals surface area contributed by atoms with Crippen LogP contribution >= 0.6 is 0 Å². The highest BCUT2D eigenvalue weighted by Gasteiger charge is 2.18. The summed E-state index contributed by atoms with van der Waals surface area (Å²) < 4.78 is 4.83. The Bertz CT molecular complexity index is 280. The van der Waals surface area contributed by atoms with Crippen LogP contribution in [0.3, 0.4) is 0 Å². The van der Waals surface area contributed by atoms with Crippen LogP contribution in [0.5, 0.6) is 0 Å². The van der Waals surface area contributed by atoms with Crippen molar-refractivity contribution in [3.05, 3.63) is 24.2 Å². The molecule has 0 spiro atoms. The standard InChI is InChI=1S/C10H15NO3/c1-8(2)11(4-5-12)10(13)9-3-6-14-7-9/h3,6-8,12H,4-5H2,1-2H3. The van der Waals surface area contributed by atoms with Crippen LogP contribution in [0.15, 0.2) is 23.0 Å². The summed E-state index contributed by atoms with van der Waals surface area (Å²) in [4.78, 5) is 13.4. The Morgan fingerprint density at radius 3 is 2.79 bits per heavy atom. The molecule has 0 aliphatic heterocycles. The summed E-state index contributed by atoms with van der Waals surface area (Å²) in [6, 6.07) is 1.69. The van der Waals surface area contributed by atoms with Gasteiger partial charge in [0.25, 0.3) is 5.91 Å². The van der Waals surface area contributed by atoms with E-state index in [1.165, 1.54) is 12.5 Å². The fourth-order valence-electron chi connectivity index (χ4n) is 1.25. The number of aliphatic hydroxyl groups is 1. The maximum atomic E-state index is 11.8. The molecule has 0 saturated heterocycles. The Morgan fingerprint density at radius 2 is 2.36 bits per heavy atom. The van der Waals surface area contributed by atoms with Gasteiger partial charge in [0, 0.05) is 12.6 Å². The average molecular weight is 197 g/mol. The number of furan rings is 1. The number of carbonyl (C=O) groups is 1. The number of amides is 1. The summed E-state index contributed by atoms with van der Waals surface area (Å²) >= 11 is 0. The molecule has 1 heterocycles. The first-order valence-electron chi connectivity index (χ1n) is 4.61. The lowest BCUT2D eigenvalue weighted by Gasteiger charge is -2.25. The molecule has 78 valence electrons. The van der Waals surface area contributed by atoms with Crippen LogP contribution < -0.4 is 0 Å². The van der Waals surface area contributed by atoms with E-state index in [2.05, 4.69) is 0 Å². The Morgan fingerprint density at radius 1 is 1.64 bits per heavy atom. The second-order valence-electron chi connectivity index (χ2n) is 3.33. The third kappa shape index (κ3) is 2.35. The van der Waals surface area contributed by atoms with Crippen molar-refractivity contribution in [1.82, 2.24) is 4.90 Å². The molecule has 1 aromatic rings. The molecule has 0 aromatic carbocycles. The zero-order valence-electron chi connectivity index (χ0n) is 8.43. The molecule has 0 bridgehead atoms. The van der Waals surface area contributed by atoms with E-state index in [9.17, 15) is 4.79 Å². The predicted molar refractivity (Wildman–Crippen MR) is 52.0 cm³/mol. The molecule has 0 aliphatic carbocycles. The van der Waals surface area contributed by atoms with Gasteiger partial charge in [0.1, 0.15) is 6.26 Å². The van der Waals surface area contributed by atoms with E-state index < -0.39 is 0 Å². The van der Waals surface area contributed by atoms with Gasteiger partial charge in [0.05, 0.1) is 18.4 Å². The maximum absolute atomic E-state index is 11.8. The summed E-state index contributed by atoms with van der Waals surface area (Å²) in [6.07, 6.45) is 2.87. The van der Waals surface area contributed by atoms with Crippen LogP contribution in [0, 0.1) is 0 Å². The van der Waals surface area contributed by atoms with Crippen molar-refractivity contribution in [1.29, 1.82) is 0 Å². The smallest absolute Gasteiger partial charge is 0.257 e. The number of aliphatic hydroxyl groups excluding tert-OH is 1. The fourth-order valence-corrected chi connectivity index (χ4v) is 1.25. The topological polar surface area (TPSA) is 53.7 Å². The number of nitrogens with zero attached hydrogens (tertiary/aromatic N) is 1. The minimum atomic E-state index is -0.109. The third-order valence-corrected chi connectivity index (χ3v) is 1.99. The Labute approximate surface area is 83.1 Å². The normalized spacial score (nSPS) is 10.6. The van der Waals surface area contributed by atoms with Crippen molar-refractivity contribution in [3.63, 3.8) is 0 Å². The van der Waals surface area contributed by atoms with E-state index in [1.54, 1.807) is 11.0 Å². The summed E-state index contributed by atoms with van der Waals surface area (Å²) in [6.45, 7) is 4.14. The quantitative estimate of drug-likeness (QED) is 0.787. The van der Waals surface area contributed by atoms with Gasteiger partial charge in [-0.05, 0) is 19.9 Å². The third-order valence-electron chi connectivity index (χ3n) is 1.99. The van der Waals surface area contributed by atoms with Gasteiger partial charge in [0.15, 0.2) is 0 Å². The SMILES string of the molecule is CC(C)N(CCO)C(=O)c1ccoc1. The second kappa shape index (κ2) is 4.81. The summed E-state index contributed by atoms with van der Waals surface area (Å²) in [5.41, 5.74) is 0.521. The highest BCUT2D eigenvalue weighted by molar-refractivity contribution is 5.94. The lowest BCUT2D eigenvalue weighted by atomic mass is 10.2. The van der Waals surface area contributed by atoms with Gasteiger partial charge in [-0.3, -0.25) is 4.79 Å². The minimum absolute atomic E-state index is 0.0260. The van der Waals surface area contributed by atoms with E-state index in [0.717, 1.165) is 0 Å². The Balaban J connectivity index is 2.74. The molecule has 4 nitrogen and oxygen atoms in total. The summed E-state index contributed by atoms with van der Waals surface area (Å²) in [5.74, 6) is -0.109. The van der Waals surface area contributed by atoms with Crippen molar-refractivity contribution in [2.45, 2.75) is 19.9 Å². The van der Waals surface area contributed by atoms with Crippen LogP contribution in [-0.4, -0.2) is 35.1 Å². The van der Waals surface area contributed by atoms with Crippen molar-refractivity contribution in [2.24, 2.45) is 0 Å². The maximum Gasteiger partial charge on any atom is 0.257 e. The lowest BCUT2D eigenvalue weighted by molar-refractivity contribution is 0.0664. The molecule has 0 aliphatic rings. The molecular formula is C10H15NO3. The number of rotatable bonds is 4. The number of hydrogen-bond donors (Lipinski definition) is 1. The molecule has 0 radical (unpaired) electrons. The van der Waals surface area contributed by atoms with Gasteiger partial charge in [-0.1, -0.05) is 0 Å². The number of hydrogen-bond acceptors (Lipinski definition) is 3. The first kappa shape index (κ1) is 10.8. The summed E-state index contributed by atoms with van der Waals surface area (Å²) in [7, 11) is 0.